The fraction of sp³-hybridized carbons (Fsp3) is 0.810. The highest BCUT2D eigenvalue weighted by Gasteiger charge is 2.28. The van der Waals surface area contributed by atoms with Gasteiger partial charge in [0.05, 0.1) is 0 Å². The van der Waals surface area contributed by atoms with Crippen molar-refractivity contribution >= 4 is 23.5 Å². The number of Topliss-reactive ketones (excluding diaryl/α,β-unsaturated/α-hetero) is 1. The zero-order valence-electron chi connectivity index (χ0n) is 17.6. The van der Waals surface area contributed by atoms with Gasteiger partial charge in [-0.1, -0.05) is 13.8 Å². The lowest BCUT2D eigenvalue weighted by atomic mass is 9.80. The fourth-order valence-corrected chi connectivity index (χ4v) is 3.55. The first kappa shape index (κ1) is 24.1. The van der Waals surface area contributed by atoms with Crippen molar-refractivity contribution in [2.24, 2.45) is 11.8 Å². The van der Waals surface area contributed by atoms with Crippen LogP contribution >= 0.6 is 0 Å². The third-order valence-electron chi connectivity index (χ3n) is 5.15. The monoisotopic (exact) mass is 401 g/mol. The molecule has 1 aliphatic rings. The lowest BCUT2D eigenvalue weighted by molar-refractivity contribution is -0.127. The van der Waals surface area contributed by atoms with Crippen LogP contribution < -0.4 is 16.0 Å². The average molecular weight is 402 g/mol. The maximum Gasteiger partial charge on any atom is 0.220 e. The predicted molar refractivity (Wildman–Crippen MR) is 115 cm³/mol. The maximum absolute atomic E-state index is 12.1. The zero-order valence-corrected chi connectivity index (χ0v) is 17.6. The largest absolute Gasteiger partial charge is 0.356 e. The van der Waals surface area contributed by atoms with Crippen LogP contribution in [0.3, 0.4) is 0 Å². The van der Waals surface area contributed by atoms with Crippen molar-refractivity contribution < 1.29 is 23.5 Å². The van der Waals surface area contributed by atoms with Crippen LogP contribution in [0.15, 0.2) is 0 Å². The van der Waals surface area contributed by atoms with Gasteiger partial charge in [0.25, 0.3) is 0 Å². The van der Waals surface area contributed by atoms with Crippen molar-refractivity contribution in [2.45, 2.75) is 84.6 Å². The number of rotatable bonds is 12. The summed E-state index contributed by atoms with van der Waals surface area (Å²) in [6.07, 6.45) is 5.56. The van der Waals surface area contributed by atoms with Crippen LogP contribution in [0.5, 0.6) is 0 Å². The van der Waals surface area contributed by atoms with E-state index in [0.29, 0.717) is 51.0 Å². The molecule has 7 nitrogen and oxygen atoms in total. The second kappa shape index (κ2) is 13.3. The van der Waals surface area contributed by atoms with Crippen LogP contribution in [0.25, 0.3) is 0 Å². The van der Waals surface area contributed by atoms with E-state index in [-0.39, 0.29) is 39.9 Å². The molecule has 28 heavy (non-hydrogen) atoms. The molecule has 3 N–H and O–H groups in total. The molecular formula is C21H43N3O4. The van der Waals surface area contributed by atoms with Crippen molar-refractivity contribution in [3.8, 4) is 0 Å². The summed E-state index contributed by atoms with van der Waals surface area (Å²) in [7, 11) is 0. The van der Waals surface area contributed by atoms with E-state index in [1.165, 1.54) is 0 Å². The second-order valence-electron chi connectivity index (χ2n) is 7.93. The Balaban J connectivity index is -0.00000261. The van der Waals surface area contributed by atoms with Gasteiger partial charge in [0.1, 0.15) is 5.78 Å². The average Bonchev–Trinajstić information content (AvgIpc) is 2.65. The van der Waals surface area contributed by atoms with Gasteiger partial charge < -0.3 is 16.0 Å². The number of hydrogen-bond donors (Lipinski definition) is 3. The summed E-state index contributed by atoms with van der Waals surface area (Å²) < 4.78 is 0. The van der Waals surface area contributed by atoms with Crippen molar-refractivity contribution in [1.82, 2.24) is 16.0 Å². The Morgan fingerprint density at radius 3 is 2.04 bits per heavy atom. The minimum absolute atomic E-state index is 0. The number of hydrogen-bond acceptors (Lipinski definition) is 4. The standard InChI is InChI=1S/C21H37N3O4.3H2/c1-4-22-18(25)9-6-14-23-19(26)7-5-8-20(27)24-17-12-10-16(11-13-17)21(28)15(2)3;;;/h15-17H,4-14H2,1-3H3,(H,22,25)(H,23,26)(H,24,27);3*1H. The van der Waals surface area contributed by atoms with Crippen LogP contribution in [0.4, 0.5) is 0 Å². The van der Waals surface area contributed by atoms with E-state index in [9.17, 15) is 19.2 Å². The normalized spacial score (nSPS) is 19.1. The highest BCUT2D eigenvalue weighted by atomic mass is 16.2. The molecule has 0 spiro atoms. The quantitative estimate of drug-likeness (QED) is 0.437. The third-order valence-corrected chi connectivity index (χ3v) is 5.15. The first-order valence-electron chi connectivity index (χ1n) is 10.7. The Bertz CT molecular complexity index is 540. The summed E-state index contributed by atoms with van der Waals surface area (Å²) in [4.78, 5) is 47.2. The summed E-state index contributed by atoms with van der Waals surface area (Å²) in [5, 5.41) is 8.52. The topological polar surface area (TPSA) is 104 Å². The molecule has 0 aromatic rings. The first-order valence-corrected chi connectivity index (χ1v) is 10.7. The summed E-state index contributed by atoms with van der Waals surface area (Å²) in [5.74, 6) is 0.442. The lowest BCUT2D eigenvalue weighted by Crippen LogP contribution is -2.39. The second-order valence-corrected chi connectivity index (χ2v) is 7.93. The van der Waals surface area contributed by atoms with Gasteiger partial charge in [-0.3, -0.25) is 19.2 Å². The van der Waals surface area contributed by atoms with E-state index in [0.717, 1.165) is 25.7 Å². The number of carbonyl (C=O) groups is 4. The van der Waals surface area contributed by atoms with Crippen LogP contribution in [0.2, 0.25) is 0 Å². The highest BCUT2D eigenvalue weighted by Crippen LogP contribution is 2.27. The molecule has 1 rings (SSSR count). The molecule has 0 aromatic carbocycles. The number of amides is 3. The van der Waals surface area contributed by atoms with Crippen LogP contribution in [0, 0.1) is 11.8 Å². The van der Waals surface area contributed by atoms with E-state index < -0.39 is 0 Å². The molecule has 3 amide bonds. The van der Waals surface area contributed by atoms with Crippen molar-refractivity contribution in [2.75, 3.05) is 13.1 Å². The molecule has 0 radical (unpaired) electrons. The van der Waals surface area contributed by atoms with E-state index in [4.69, 9.17) is 0 Å². The minimum atomic E-state index is -0.0867. The zero-order chi connectivity index (χ0) is 20.9. The number of ketones is 1. The van der Waals surface area contributed by atoms with Crippen LogP contribution in [-0.4, -0.2) is 42.6 Å². The van der Waals surface area contributed by atoms with Gasteiger partial charge in [-0.05, 0) is 45.4 Å². The maximum atomic E-state index is 12.1. The van der Waals surface area contributed by atoms with Crippen molar-refractivity contribution in [1.29, 1.82) is 0 Å². The van der Waals surface area contributed by atoms with Crippen molar-refractivity contribution in [3.05, 3.63) is 0 Å². The summed E-state index contributed by atoms with van der Waals surface area (Å²) >= 11 is 0. The number of carbonyl (C=O) groups excluding carboxylic acids is 4. The minimum Gasteiger partial charge on any atom is -0.356 e. The molecule has 0 aromatic heterocycles. The molecule has 166 valence electrons. The van der Waals surface area contributed by atoms with Gasteiger partial charge in [-0.25, -0.2) is 0 Å². The van der Waals surface area contributed by atoms with E-state index >= 15 is 0 Å². The number of nitrogens with one attached hydrogen (secondary N) is 3. The molecule has 0 aliphatic heterocycles. The van der Waals surface area contributed by atoms with Gasteiger partial charge in [-0.2, -0.15) is 0 Å². The highest BCUT2D eigenvalue weighted by molar-refractivity contribution is 5.83. The Kier molecular flexibility index (Phi) is 11.4. The third kappa shape index (κ3) is 9.85. The summed E-state index contributed by atoms with van der Waals surface area (Å²) in [6.45, 7) is 6.84. The molecule has 0 bridgehead atoms. The predicted octanol–water partition coefficient (Wildman–Crippen LogP) is 2.83. The molecule has 1 fully saturated rings. The van der Waals surface area contributed by atoms with Crippen LogP contribution in [0.1, 0.15) is 82.8 Å². The molecule has 7 heteroatoms. The van der Waals surface area contributed by atoms with E-state index in [1.807, 2.05) is 20.8 Å². The Hall–Kier alpha value is -1.92. The van der Waals surface area contributed by atoms with E-state index in [2.05, 4.69) is 16.0 Å². The molecule has 0 saturated heterocycles. The van der Waals surface area contributed by atoms with Gasteiger partial charge in [0.2, 0.25) is 17.7 Å². The Morgan fingerprint density at radius 1 is 0.857 bits per heavy atom. The summed E-state index contributed by atoms with van der Waals surface area (Å²) in [5.41, 5.74) is 0. The Morgan fingerprint density at radius 2 is 1.43 bits per heavy atom. The molecular weight excluding hydrogens is 358 g/mol. The fourth-order valence-electron chi connectivity index (χ4n) is 3.55. The SMILES string of the molecule is CCNC(=O)CCCNC(=O)CCCC(=O)NC1CCC(C(=O)C(C)C)CC1.[HH].[HH].[HH]. The lowest BCUT2D eigenvalue weighted by Gasteiger charge is -2.29. The summed E-state index contributed by atoms with van der Waals surface area (Å²) in [6, 6.07) is 0.145. The Labute approximate surface area is 173 Å². The van der Waals surface area contributed by atoms with Crippen molar-refractivity contribution in [3.63, 3.8) is 0 Å². The molecule has 0 atom stereocenters. The smallest absolute Gasteiger partial charge is 0.220 e. The van der Waals surface area contributed by atoms with E-state index in [1.54, 1.807) is 0 Å². The van der Waals surface area contributed by atoms with Gasteiger partial charge in [0, 0.05) is 54.5 Å². The van der Waals surface area contributed by atoms with Gasteiger partial charge >= 0.3 is 0 Å². The van der Waals surface area contributed by atoms with Gasteiger partial charge in [-0.15, -0.1) is 0 Å². The molecule has 0 unspecified atom stereocenters. The molecule has 1 saturated carbocycles. The first-order chi connectivity index (χ1) is 13.3. The van der Waals surface area contributed by atoms with Gasteiger partial charge in [0.15, 0.2) is 0 Å². The van der Waals surface area contributed by atoms with Crippen LogP contribution in [-0.2, 0) is 19.2 Å². The molecule has 0 heterocycles. The molecule has 1 aliphatic carbocycles.